The van der Waals surface area contributed by atoms with Gasteiger partial charge in [0.05, 0.1) is 37.5 Å². The van der Waals surface area contributed by atoms with Gasteiger partial charge in [-0.1, -0.05) is 11.3 Å². The molecule has 2 aromatic heterocycles. The number of aromatic nitrogens is 1. The van der Waals surface area contributed by atoms with Gasteiger partial charge in [0.15, 0.2) is 4.83 Å². The summed E-state index contributed by atoms with van der Waals surface area (Å²) in [7, 11) is 0. The van der Waals surface area contributed by atoms with E-state index in [0.717, 1.165) is 49.4 Å². The number of ether oxygens (including phenoxy) is 2. The van der Waals surface area contributed by atoms with Crippen molar-refractivity contribution >= 4 is 39.0 Å². The van der Waals surface area contributed by atoms with Crippen LogP contribution >= 0.6 is 11.3 Å². The Balaban J connectivity index is 1.61. The lowest BCUT2D eigenvalue weighted by Crippen LogP contribution is -2.40. The van der Waals surface area contributed by atoms with E-state index in [9.17, 15) is 4.79 Å². The fourth-order valence-corrected chi connectivity index (χ4v) is 5.70. The Kier molecular flexibility index (Phi) is 4.86. The second-order valence-corrected chi connectivity index (χ2v) is 8.71. The molecular weight excluding hydrogens is 376 g/mol. The van der Waals surface area contributed by atoms with E-state index in [1.54, 1.807) is 0 Å². The van der Waals surface area contributed by atoms with E-state index in [0.29, 0.717) is 36.9 Å². The summed E-state index contributed by atoms with van der Waals surface area (Å²) in [5, 5.41) is 1.08. The number of carbonyl (C=O) groups excluding carboxylic acids is 1. The molecule has 5 rings (SSSR count). The fraction of sp³-hybridized carbons (Fsp3) is 0.600. The lowest BCUT2D eigenvalue weighted by Gasteiger charge is -2.26. The SMILES string of the molecule is Nc1c(C(=O)N2CCOCC2)sc2[nH+]c(N3CCOCC3)c3c(c12)CCCC3. The highest BCUT2D eigenvalue weighted by atomic mass is 32.1. The summed E-state index contributed by atoms with van der Waals surface area (Å²) in [4.78, 5) is 22.7. The molecule has 2 fully saturated rings. The van der Waals surface area contributed by atoms with Gasteiger partial charge in [-0.15, -0.1) is 0 Å². The van der Waals surface area contributed by atoms with Crippen molar-refractivity contribution in [3.8, 4) is 0 Å². The van der Waals surface area contributed by atoms with Gasteiger partial charge in [0.2, 0.25) is 0 Å². The first-order chi connectivity index (χ1) is 13.7. The van der Waals surface area contributed by atoms with Crippen LogP contribution in [0.4, 0.5) is 11.5 Å². The maximum Gasteiger partial charge on any atom is 0.279 e. The summed E-state index contributed by atoms with van der Waals surface area (Å²) in [6, 6.07) is 0. The van der Waals surface area contributed by atoms with Gasteiger partial charge < -0.3 is 20.1 Å². The number of rotatable bonds is 2. The van der Waals surface area contributed by atoms with E-state index in [-0.39, 0.29) is 5.91 Å². The zero-order chi connectivity index (χ0) is 19.1. The Bertz CT molecular complexity index is 901. The van der Waals surface area contributed by atoms with E-state index < -0.39 is 0 Å². The number of hydrogen-bond acceptors (Lipinski definition) is 6. The lowest BCUT2D eigenvalue weighted by atomic mass is 9.89. The number of nitrogens with one attached hydrogen (secondary N) is 1. The molecule has 0 spiro atoms. The number of H-pyrrole nitrogens is 1. The van der Waals surface area contributed by atoms with Gasteiger partial charge in [0.1, 0.15) is 18.0 Å². The topological polar surface area (TPSA) is 82.2 Å². The Morgan fingerprint density at radius 2 is 1.61 bits per heavy atom. The van der Waals surface area contributed by atoms with E-state index in [1.807, 2.05) is 4.90 Å². The molecule has 0 radical (unpaired) electrons. The normalized spacial score (nSPS) is 20.4. The number of carbonyl (C=O) groups is 1. The minimum absolute atomic E-state index is 0.0351. The van der Waals surface area contributed by atoms with Crippen molar-refractivity contribution < 1.29 is 19.3 Å². The second kappa shape index (κ2) is 7.50. The standard InChI is InChI=1S/C20H26N4O3S/c21-16-15-13-3-1-2-4-14(13)18(23-5-9-26-10-6-23)22-19(15)28-17(16)20(25)24-7-11-27-12-8-24/h1-12,21H2/p+1. The van der Waals surface area contributed by atoms with Crippen molar-refractivity contribution in [2.75, 3.05) is 63.2 Å². The number of nitrogens with two attached hydrogens (primary N) is 1. The molecule has 1 amide bonds. The van der Waals surface area contributed by atoms with E-state index in [2.05, 4.69) is 9.88 Å². The first-order valence-corrected chi connectivity index (χ1v) is 11.0. The highest BCUT2D eigenvalue weighted by Gasteiger charge is 2.32. The molecule has 3 aliphatic rings. The number of nitrogen functional groups attached to an aromatic ring is 1. The summed E-state index contributed by atoms with van der Waals surface area (Å²) in [6.07, 6.45) is 4.48. The first kappa shape index (κ1) is 18.1. The molecule has 0 unspecified atom stereocenters. The van der Waals surface area contributed by atoms with E-state index in [4.69, 9.17) is 15.2 Å². The number of aryl methyl sites for hydroxylation is 1. The van der Waals surface area contributed by atoms with E-state index >= 15 is 0 Å². The molecule has 1 aliphatic carbocycles. The molecule has 0 bridgehead atoms. The largest absolute Gasteiger partial charge is 0.397 e. The Morgan fingerprint density at radius 1 is 0.964 bits per heavy atom. The maximum atomic E-state index is 13.1. The van der Waals surface area contributed by atoms with Crippen LogP contribution in [0.25, 0.3) is 10.2 Å². The molecule has 28 heavy (non-hydrogen) atoms. The zero-order valence-electron chi connectivity index (χ0n) is 16.1. The zero-order valence-corrected chi connectivity index (χ0v) is 16.9. The minimum Gasteiger partial charge on any atom is -0.397 e. The molecule has 150 valence electrons. The van der Waals surface area contributed by atoms with Gasteiger partial charge in [-0.05, 0) is 31.2 Å². The number of thiophene rings is 1. The molecule has 8 heteroatoms. The average molecular weight is 404 g/mol. The monoisotopic (exact) mass is 403 g/mol. The molecule has 0 atom stereocenters. The average Bonchev–Trinajstić information content (AvgIpc) is 3.10. The van der Waals surface area contributed by atoms with Crippen LogP contribution in [-0.2, 0) is 22.3 Å². The second-order valence-electron chi connectivity index (χ2n) is 7.69. The van der Waals surface area contributed by atoms with E-state index in [1.165, 1.54) is 41.1 Å². The van der Waals surface area contributed by atoms with Crippen LogP contribution in [-0.4, -0.2) is 63.4 Å². The first-order valence-electron chi connectivity index (χ1n) is 10.2. The number of amides is 1. The molecule has 2 aliphatic heterocycles. The summed E-state index contributed by atoms with van der Waals surface area (Å²) in [6.45, 7) is 5.77. The quantitative estimate of drug-likeness (QED) is 0.822. The van der Waals surface area contributed by atoms with Gasteiger partial charge in [0.25, 0.3) is 11.7 Å². The smallest absolute Gasteiger partial charge is 0.279 e. The number of nitrogens with zero attached hydrogens (tertiary/aromatic N) is 2. The Hall–Kier alpha value is -1.90. The predicted octanol–water partition coefficient (Wildman–Crippen LogP) is 1.49. The van der Waals surface area contributed by atoms with Crippen LogP contribution in [0.1, 0.15) is 33.6 Å². The van der Waals surface area contributed by atoms with Crippen molar-refractivity contribution in [1.82, 2.24) is 4.90 Å². The molecule has 2 saturated heterocycles. The Labute approximate surface area is 168 Å². The predicted molar refractivity (Wildman–Crippen MR) is 109 cm³/mol. The van der Waals surface area contributed by atoms with Crippen molar-refractivity contribution in [2.45, 2.75) is 25.7 Å². The Morgan fingerprint density at radius 3 is 2.32 bits per heavy atom. The lowest BCUT2D eigenvalue weighted by molar-refractivity contribution is -0.328. The highest BCUT2D eigenvalue weighted by Crippen LogP contribution is 2.40. The summed E-state index contributed by atoms with van der Waals surface area (Å²) >= 11 is 1.51. The number of morpholine rings is 2. The summed E-state index contributed by atoms with van der Waals surface area (Å²) < 4.78 is 10.9. The van der Waals surface area contributed by atoms with Crippen LogP contribution in [0.5, 0.6) is 0 Å². The molecule has 7 nitrogen and oxygen atoms in total. The highest BCUT2D eigenvalue weighted by molar-refractivity contribution is 7.20. The number of fused-ring (bicyclic) bond motifs is 3. The molecule has 4 heterocycles. The summed E-state index contributed by atoms with van der Waals surface area (Å²) in [5.74, 6) is 1.24. The van der Waals surface area contributed by atoms with Crippen molar-refractivity contribution in [1.29, 1.82) is 0 Å². The van der Waals surface area contributed by atoms with Crippen LogP contribution in [0.3, 0.4) is 0 Å². The molecule has 2 aromatic rings. The third kappa shape index (κ3) is 3.03. The third-order valence-electron chi connectivity index (χ3n) is 6.05. The van der Waals surface area contributed by atoms with Crippen LogP contribution in [0.15, 0.2) is 0 Å². The van der Waals surface area contributed by atoms with Crippen LogP contribution < -0.4 is 15.6 Å². The van der Waals surface area contributed by atoms with Crippen LogP contribution in [0.2, 0.25) is 0 Å². The van der Waals surface area contributed by atoms with Crippen molar-refractivity contribution in [3.05, 3.63) is 16.0 Å². The number of pyridine rings is 1. The molecule has 0 saturated carbocycles. The van der Waals surface area contributed by atoms with Crippen molar-refractivity contribution in [2.24, 2.45) is 0 Å². The molecule has 0 aromatic carbocycles. The van der Waals surface area contributed by atoms with Gasteiger partial charge in [0, 0.05) is 18.7 Å². The van der Waals surface area contributed by atoms with Gasteiger partial charge in [-0.25, -0.2) is 4.98 Å². The number of aromatic amines is 1. The van der Waals surface area contributed by atoms with Gasteiger partial charge in [-0.3, -0.25) is 9.69 Å². The number of hydrogen-bond donors (Lipinski definition) is 1. The molecular formula is C20H27N4O3S+. The fourth-order valence-electron chi connectivity index (χ4n) is 4.58. The minimum atomic E-state index is 0.0351. The molecule has 3 N–H and O–H groups in total. The number of anilines is 2. The maximum absolute atomic E-state index is 13.1. The summed E-state index contributed by atoms with van der Waals surface area (Å²) in [5.41, 5.74) is 9.96. The van der Waals surface area contributed by atoms with Crippen LogP contribution in [0, 0.1) is 0 Å². The third-order valence-corrected chi connectivity index (χ3v) is 7.16. The van der Waals surface area contributed by atoms with Gasteiger partial charge in [-0.2, -0.15) is 0 Å². The van der Waals surface area contributed by atoms with Crippen molar-refractivity contribution in [3.63, 3.8) is 0 Å². The van der Waals surface area contributed by atoms with Gasteiger partial charge >= 0.3 is 0 Å².